The van der Waals surface area contributed by atoms with Crippen molar-refractivity contribution < 1.29 is 14.3 Å². The van der Waals surface area contributed by atoms with E-state index in [-0.39, 0.29) is 0 Å². The van der Waals surface area contributed by atoms with Crippen molar-refractivity contribution in [2.45, 2.75) is 45.9 Å². The molecule has 2 aromatic heterocycles. The Morgan fingerprint density at radius 1 is 1.31 bits per heavy atom. The molecule has 5 heteroatoms. The zero-order chi connectivity index (χ0) is 20.3. The topological polar surface area (TPSA) is 58.7 Å². The van der Waals surface area contributed by atoms with Gasteiger partial charge in [-0.2, -0.15) is 0 Å². The van der Waals surface area contributed by atoms with E-state index in [0.717, 1.165) is 17.2 Å². The van der Waals surface area contributed by atoms with Gasteiger partial charge in [0, 0.05) is 25.5 Å². The molecule has 3 unspecified atom stereocenters. The van der Waals surface area contributed by atoms with Crippen molar-refractivity contribution in [3.63, 3.8) is 0 Å². The van der Waals surface area contributed by atoms with Crippen molar-refractivity contribution in [1.82, 2.24) is 9.88 Å². The van der Waals surface area contributed by atoms with Crippen LogP contribution < -0.4 is 0 Å². The molecule has 1 fully saturated rings. The monoisotopic (exact) mass is 396 g/mol. The second kappa shape index (κ2) is 8.82. The minimum absolute atomic E-state index is 0.343. The normalized spacial score (nSPS) is 23.5. The van der Waals surface area contributed by atoms with E-state index in [1.807, 2.05) is 30.5 Å². The molecule has 0 aromatic carbocycles. The van der Waals surface area contributed by atoms with Crippen molar-refractivity contribution in [2.75, 3.05) is 19.8 Å². The average molecular weight is 397 g/mol. The van der Waals surface area contributed by atoms with Gasteiger partial charge in [0.25, 0.3) is 0 Å². The van der Waals surface area contributed by atoms with E-state index in [9.17, 15) is 5.11 Å². The van der Waals surface area contributed by atoms with Crippen LogP contribution in [0.15, 0.2) is 59.0 Å². The van der Waals surface area contributed by atoms with Crippen LogP contribution in [0.2, 0.25) is 0 Å². The van der Waals surface area contributed by atoms with Crippen LogP contribution in [0.25, 0.3) is 0 Å². The first kappa shape index (κ1) is 20.3. The molecule has 3 aliphatic rings. The molecule has 29 heavy (non-hydrogen) atoms. The van der Waals surface area contributed by atoms with E-state index in [2.05, 4.69) is 29.8 Å². The Morgan fingerprint density at radius 3 is 2.90 bits per heavy atom. The number of aliphatic hydroxyl groups is 1. The number of nitrogens with zero attached hydrogens (tertiary/aromatic N) is 2. The highest BCUT2D eigenvalue weighted by atomic mass is 16.5. The maximum Gasteiger partial charge on any atom is 0.117 e. The molecule has 0 radical (unpaired) electrons. The SMILES string of the molecule is CC1(C)C2CC=C(COCC(O)CN(Cc3cccnc3)Cc3ccco3)C1C2. The molecule has 2 heterocycles. The fourth-order valence-electron chi connectivity index (χ4n) is 4.86. The number of hydrogen-bond acceptors (Lipinski definition) is 5. The van der Waals surface area contributed by atoms with Crippen LogP contribution in [0.3, 0.4) is 0 Å². The van der Waals surface area contributed by atoms with Gasteiger partial charge in [0.15, 0.2) is 0 Å². The summed E-state index contributed by atoms with van der Waals surface area (Å²) in [4.78, 5) is 6.36. The second-order valence-corrected chi connectivity index (χ2v) is 9.10. The Kier molecular flexibility index (Phi) is 6.18. The lowest BCUT2D eigenvalue weighted by molar-refractivity contribution is -0.0268. The molecule has 0 aliphatic heterocycles. The number of fused-ring (bicyclic) bond motifs is 1. The molecular formula is C24H32N2O3. The summed E-state index contributed by atoms with van der Waals surface area (Å²) < 4.78 is 11.4. The predicted octanol–water partition coefficient (Wildman–Crippen LogP) is 4.05. The molecule has 2 aromatic rings. The molecule has 0 amide bonds. The van der Waals surface area contributed by atoms with Gasteiger partial charge in [-0.25, -0.2) is 0 Å². The van der Waals surface area contributed by atoms with Crippen LogP contribution in [0, 0.1) is 17.3 Å². The number of hydrogen-bond donors (Lipinski definition) is 1. The first-order valence-electron chi connectivity index (χ1n) is 10.6. The third-order valence-corrected chi connectivity index (χ3v) is 6.72. The van der Waals surface area contributed by atoms with Gasteiger partial charge in [-0.1, -0.05) is 26.0 Å². The fraction of sp³-hybridized carbons (Fsp3) is 0.542. The van der Waals surface area contributed by atoms with Crippen LogP contribution in [0.5, 0.6) is 0 Å². The van der Waals surface area contributed by atoms with Gasteiger partial charge in [0.05, 0.1) is 32.1 Å². The fourth-order valence-corrected chi connectivity index (χ4v) is 4.86. The number of rotatable bonds is 10. The molecule has 1 N–H and O–H groups in total. The van der Waals surface area contributed by atoms with Gasteiger partial charge >= 0.3 is 0 Å². The molecule has 2 bridgehead atoms. The maximum absolute atomic E-state index is 10.6. The summed E-state index contributed by atoms with van der Waals surface area (Å²) in [6.45, 7) is 7.59. The summed E-state index contributed by atoms with van der Waals surface area (Å²) >= 11 is 0. The lowest BCUT2D eigenvalue weighted by Crippen LogP contribution is -2.48. The Labute approximate surface area is 173 Å². The van der Waals surface area contributed by atoms with Gasteiger partial charge in [0.1, 0.15) is 5.76 Å². The van der Waals surface area contributed by atoms with Crippen molar-refractivity contribution >= 4 is 0 Å². The highest BCUT2D eigenvalue weighted by Crippen LogP contribution is 2.59. The Bertz CT molecular complexity index is 801. The van der Waals surface area contributed by atoms with E-state index in [0.29, 0.717) is 44.2 Å². The van der Waals surface area contributed by atoms with Gasteiger partial charge < -0.3 is 14.3 Å². The van der Waals surface area contributed by atoms with Gasteiger partial charge in [-0.05, 0) is 59.4 Å². The summed E-state index contributed by atoms with van der Waals surface area (Å²) in [5, 5.41) is 10.6. The maximum atomic E-state index is 10.6. The molecule has 3 atom stereocenters. The molecule has 5 rings (SSSR count). The van der Waals surface area contributed by atoms with Crippen LogP contribution in [-0.2, 0) is 17.8 Å². The summed E-state index contributed by atoms with van der Waals surface area (Å²) in [6, 6.07) is 7.84. The molecule has 5 nitrogen and oxygen atoms in total. The number of furan rings is 1. The zero-order valence-corrected chi connectivity index (χ0v) is 17.5. The highest BCUT2D eigenvalue weighted by Gasteiger charge is 2.50. The Hall–Kier alpha value is -1.95. The molecule has 1 saturated carbocycles. The number of pyridine rings is 1. The predicted molar refractivity (Wildman–Crippen MR) is 112 cm³/mol. The summed E-state index contributed by atoms with van der Waals surface area (Å²) in [7, 11) is 0. The number of ether oxygens (including phenoxy) is 1. The lowest BCUT2D eigenvalue weighted by Gasteiger charge is -2.56. The Balaban J connectivity index is 1.28. The molecule has 0 saturated heterocycles. The number of aromatic nitrogens is 1. The van der Waals surface area contributed by atoms with Gasteiger partial charge in [0.2, 0.25) is 0 Å². The minimum atomic E-state index is -0.548. The quantitative estimate of drug-likeness (QED) is 0.614. The van der Waals surface area contributed by atoms with E-state index in [4.69, 9.17) is 9.15 Å². The van der Waals surface area contributed by atoms with Crippen LogP contribution in [-0.4, -0.2) is 40.9 Å². The summed E-state index contributed by atoms with van der Waals surface area (Å²) in [5.41, 5.74) is 2.95. The van der Waals surface area contributed by atoms with Crippen LogP contribution >= 0.6 is 0 Å². The molecule has 156 valence electrons. The van der Waals surface area contributed by atoms with E-state index < -0.39 is 6.10 Å². The van der Waals surface area contributed by atoms with Gasteiger partial charge in [-0.3, -0.25) is 9.88 Å². The Morgan fingerprint density at radius 2 is 2.21 bits per heavy atom. The standard InChI is InChI=1S/C24H32N2O3/c1-24(2)20-8-7-19(23(24)11-20)16-28-17-21(27)14-26(15-22-6-4-10-29-22)13-18-5-3-9-25-12-18/h3-7,9-10,12,20-21,23,27H,8,11,13-17H2,1-2H3. The molecule has 0 spiro atoms. The van der Waals surface area contributed by atoms with Crippen LogP contribution in [0.4, 0.5) is 0 Å². The second-order valence-electron chi connectivity index (χ2n) is 9.10. The summed E-state index contributed by atoms with van der Waals surface area (Å²) in [6.07, 6.45) is 9.60. The highest BCUT2D eigenvalue weighted by molar-refractivity contribution is 5.23. The first-order chi connectivity index (χ1) is 14.0. The largest absolute Gasteiger partial charge is 0.468 e. The number of allylic oxidation sites excluding steroid dienone is 1. The van der Waals surface area contributed by atoms with E-state index >= 15 is 0 Å². The van der Waals surface area contributed by atoms with Crippen LogP contribution in [0.1, 0.15) is 38.0 Å². The molecule has 3 aliphatic carbocycles. The molecular weight excluding hydrogens is 364 g/mol. The van der Waals surface area contributed by atoms with Crippen molar-refractivity contribution in [1.29, 1.82) is 0 Å². The smallest absolute Gasteiger partial charge is 0.117 e. The van der Waals surface area contributed by atoms with E-state index in [1.165, 1.54) is 18.4 Å². The number of aliphatic hydroxyl groups excluding tert-OH is 1. The third-order valence-electron chi connectivity index (χ3n) is 6.72. The summed E-state index contributed by atoms with van der Waals surface area (Å²) in [5.74, 6) is 2.38. The van der Waals surface area contributed by atoms with Crippen molar-refractivity contribution in [3.05, 3.63) is 65.9 Å². The first-order valence-corrected chi connectivity index (χ1v) is 10.6. The third kappa shape index (κ3) is 4.80. The van der Waals surface area contributed by atoms with E-state index in [1.54, 1.807) is 12.5 Å². The van der Waals surface area contributed by atoms with Gasteiger partial charge in [-0.15, -0.1) is 0 Å². The average Bonchev–Trinajstić information content (AvgIpc) is 3.21. The van der Waals surface area contributed by atoms with Crippen molar-refractivity contribution in [2.24, 2.45) is 17.3 Å². The zero-order valence-electron chi connectivity index (χ0n) is 17.5. The minimum Gasteiger partial charge on any atom is -0.468 e. The van der Waals surface area contributed by atoms with Crippen molar-refractivity contribution in [3.8, 4) is 0 Å². The lowest BCUT2D eigenvalue weighted by atomic mass is 9.49.